The Hall–Kier alpha value is -2.88. The summed E-state index contributed by atoms with van der Waals surface area (Å²) in [6.45, 7) is 3.20. The van der Waals surface area contributed by atoms with E-state index in [9.17, 15) is 18.0 Å². The van der Waals surface area contributed by atoms with Crippen LogP contribution >= 0.6 is 0 Å². The van der Waals surface area contributed by atoms with E-state index in [1.807, 2.05) is 0 Å². The van der Waals surface area contributed by atoms with Crippen LogP contribution in [0.2, 0.25) is 0 Å². The highest BCUT2D eigenvalue weighted by Gasteiger charge is 2.23. The molecule has 0 saturated carbocycles. The number of halogens is 3. The zero-order valence-electron chi connectivity index (χ0n) is 11.6. The predicted octanol–water partition coefficient (Wildman–Crippen LogP) is 3.21. The first-order valence-corrected chi connectivity index (χ1v) is 6.08. The molecule has 112 valence electrons. The molecule has 0 bridgehead atoms. The second-order valence-electron chi connectivity index (χ2n) is 4.51. The van der Waals surface area contributed by atoms with Crippen molar-refractivity contribution in [2.24, 2.45) is 0 Å². The highest BCUT2D eigenvalue weighted by molar-refractivity contribution is 5.91. The zero-order chi connectivity index (χ0) is 16.4. The largest absolute Gasteiger partial charge is 0.402 e. The van der Waals surface area contributed by atoms with Gasteiger partial charge in [-0.25, -0.2) is 22.9 Å². The number of carbonyl (C=O) groups is 1. The molecule has 0 amide bonds. The van der Waals surface area contributed by atoms with Gasteiger partial charge >= 0.3 is 5.97 Å². The summed E-state index contributed by atoms with van der Waals surface area (Å²) in [5, 5.41) is 9.04. The summed E-state index contributed by atoms with van der Waals surface area (Å²) < 4.78 is 44.7. The second-order valence-corrected chi connectivity index (χ2v) is 4.51. The Morgan fingerprint density at radius 1 is 1.18 bits per heavy atom. The van der Waals surface area contributed by atoms with Crippen molar-refractivity contribution in [2.75, 3.05) is 0 Å². The van der Waals surface area contributed by atoms with E-state index in [0.717, 1.165) is 0 Å². The summed E-state index contributed by atoms with van der Waals surface area (Å²) in [5.41, 5.74) is -0.120. The van der Waals surface area contributed by atoms with E-state index in [1.165, 1.54) is 0 Å². The van der Waals surface area contributed by atoms with Crippen LogP contribution in [0.5, 0.6) is 5.88 Å². The molecule has 0 aliphatic rings. The number of benzene rings is 1. The van der Waals surface area contributed by atoms with Crippen molar-refractivity contribution in [1.29, 1.82) is 5.26 Å². The molecule has 1 heterocycles. The fourth-order valence-corrected chi connectivity index (χ4v) is 1.89. The van der Waals surface area contributed by atoms with E-state index < -0.39 is 29.0 Å². The van der Waals surface area contributed by atoms with Crippen molar-refractivity contribution < 1.29 is 22.7 Å². The number of ether oxygens (including phenoxy) is 1. The summed E-state index contributed by atoms with van der Waals surface area (Å²) in [7, 11) is 0. The van der Waals surface area contributed by atoms with Gasteiger partial charge < -0.3 is 4.74 Å². The van der Waals surface area contributed by atoms with E-state index in [0.29, 0.717) is 23.4 Å². The standard InChI is InChI=1S/C15H9F3N2O2/c1-7-3-8(2)20-14(10(7)6-19)22-15(21)13-11(17)4-9(16)5-12(13)18/h3-5H,1-2H3. The van der Waals surface area contributed by atoms with Gasteiger partial charge in [-0.3, -0.25) is 0 Å². The summed E-state index contributed by atoms with van der Waals surface area (Å²) in [5.74, 6) is -5.71. The fraction of sp³-hybridized carbons (Fsp3) is 0.133. The van der Waals surface area contributed by atoms with Crippen LogP contribution in [0.25, 0.3) is 0 Å². The average Bonchev–Trinajstić information content (AvgIpc) is 2.36. The Labute approximate surface area is 123 Å². The maximum atomic E-state index is 13.5. The molecule has 2 aromatic rings. The number of esters is 1. The maximum Gasteiger partial charge on any atom is 0.350 e. The van der Waals surface area contributed by atoms with Crippen molar-refractivity contribution in [3.8, 4) is 11.9 Å². The van der Waals surface area contributed by atoms with E-state index in [2.05, 4.69) is 4.98 Å². The minimum atomic E-state index is -1.40. The maximum absolute atomic E-state index is 13.5. The van der Waals surface area contributed by atoms with E-state index in [-0.39, 0.29) is 11.4 Å². The van der Waals surface area contributed by atoms with Crippen LogP contribution in [0.15, 0.2) is 18.2 Å². The van der Waals surface area contributed by atoms with Crippen LogP contribution in [0.4, 0.5) is 13.2 Å². The number of hydrogen-bond donors (Lipinski definition) is 0. The number of nitriles is 1. The third-order valence-electron chi connectivity index (χ3n) is 2.82. The summed E-state index contributed by atoms with van der Waals surface area (Å²) in [4.78, 5) is 15.7. The lowest BCUT2D eigenvalue weighted by molar-refractivity contribution is 0.0716. The molecule has 0 radical (unpaired) electrons. The Morgan fingerprint density at radius 3 is 2.32 bits per heavy atom. The third-order valence-corrected chi connectivity index (χ3v) is 2.82. The van der Waals surface area contributed by atoms with Crippen molar-refractivity contribution in [1.82, 2.24) is 4.98 Å². The lowest BCUT2D eigenvalue weighted by Crippen LogP contribution is -2.15. The van der Waals surface area contributed by atoms with Gasteiger partial charge in [-0.05, 0) is 25.5 Å². The molecule has 0 aliphatic carbocycles. The van der Waals surface area contributed by atoms with Gasteiger partial charge in [-0.1, -0.05) is 0 Å². The smallest absolute Gasteiger partial charge is 0.350 e. The Kier molecular flexibility index (Phi) is 4.13. The number of carbonyl (C=O) groups excluding carboxylic acids is 1. The van der Waals surface area contributed by atoms with Crippen LogP contribution in [0, 0.1) is 42.6 Å². The Bertz CT molecular complexity index is 790. The molecule has 0 spiro atoms. The Balaban J connectivity index is 2.45. The van der Waals surface area contributed by atoms with Crippen molar-refractivity contribution >= 4 is 5.97 Å². The van der Waals surface area contributed by atoms with Crippen molar-refractivity contribution in [3.63, 3.8) is 0 Å². The van der Waals surface area contributed by atoms with Crippen LogP contribution in [0.1, 0.15) is 27.2 Å². The molecule has 0 aliphatic heterocycles. The summed E-state index contributed by atoms with van der Waals surface area (Å²) >= 11 is 0. The van der Waals surface area contributed by atoms with Gasteiger partial charge in [-0.2, -0.15) is 5.26 Å². The second kappa shape index (κ2) is 5.85. The van der Waals surface area contributed by atoms with Gasteiger partial charge in [0.25, 0.3) is 0 Å². The Morgan fingerprint density at radius 2 is 1.77 bits per heavy atom. The van der Waals surface area contributed by atoms with E-state index in [1.54, 1.807) is 26.0 Å². The molecule has 0 saturated heterocycles. The lowest BCUT2D eigenvalue weighted by atomic mass is 10.1. The molecule has 0 unspecified atom stereocenters. The summed E-state index contributed by atoms with van der Waals surface area (Å²) in [6.07, 6.45) is 0. The first kappa shape index (κ1) is 15.5. The van der Waals surface area contributed by atoms with Crippen LogP contribution in [-0.2, 0) is 0 Å². The number of aryl methyl sites for hydroxylation is 2. The van der Waals surface area contributed by atoms with Gasteiger partial charge in [0.2, 0.25) is 5.88 Å². The molecule has 1 aromatic carbocycles. The van der Waals surface area contributed by atoms with Gasteiger partial charge in [0.05, 0.1) is 0 Å². The SMILES string of the molecule is Cc1cc(C)c(C#N)c(OC(=O)c2c(F)cc(F)cc2F)n1. The van der Waals surface area contributed by atoms with E-state index in [4.69, 9.17) is 10.00 Å². The highest BCUT2D eigenvalue weighted by atomic mass is 19.1. The van der Waals surface area contributed by atoms with Crippen LogP contribution < -0.4 is 4.74 Å². The first-order valence-electron chi connectivity index (χ1n) is 6.08. The quantitative estimate of drug-likeness (QED) is 0.799. The monoisotopic (exact) mass is 306 g/mol. The van der Waals surface area contributed by atoms with E-state index >= 15 is 0 Å². The predicted molar refractivity (Wildman–Crippen MR) is 69.7 cm³/mol. The van der Waals surface area contributed by atoms with Crippen LogP contribution in [0.3, 0.4) is 0 Å². The summed E-state index contributed by atoms with van der Waals surface area (Å²) in [6, 6.07) is 4.11. The molecule has 0 fully saturated rings. The zero-order valence-corrected chi connectivity index (χ0v) is 11.6. The molecule has 1 aromatic heterocycles. The number of aromatic nitrogens is 1. The lowest BCUT2D eigenvalue weighted by Gasteiger charge is -2.09. The topological polar surface area (TPSA) is 63.0 Å². The molecule has 0 N–H and O–H groups in total. The molecule has 22 heavy (non-hydrogen) atoms. The van der Waals surface area contributed by atoms with Crippen LogP contribution in [-0.4, -0.2) is 11.0 Å². The van der Waals surface area contributed by atoms with Gasteiger partial charge in [0.1, 0.15) is 34.6 Å². The average molecular weight is 306 g/mol. The molecular weight excluding hydrogens is 297 g/mol. The normalized spacial score (nSPS) is 10.2. The number of rotatable bonds is 2. The van der Waals surface area contributed by atoms with Gasteiger partial charge in [0, 0.05) is 17.8 Å². The van der Waals surface area contributed by atoms with Gasteiger partial charge in [0.15, 0.2) is 0 Å². The first-order chi connectivity index (χ1) is 10.3. The highest BCUT2D eigenvalue weighted by Crippen LogP contribution is 2.22. The number of hydrogen-bond acceptors (Lipinski definition) is 4. The molecule has 4 nitrogen and oxygen atoms in total. The van der Waals surface area contributed by atoms with Crippen molar-refractivity contribution in [3.05, 3.63) is 58.0 Å². The third kappa shape index (κ3) is 2.91. The molecule has 2 rings (SSSR count). The minimum Gasteiger partial charge on any atom is -0.402 e. The molecule has 0 atom stereocenters. The fourth-order valence-electron chi connectivity index (χ4n) is 1.89. The molecular formula is C15H9F3N2O2. The van der Waals surface area contributed by atoms with Gasteiger partial charge in [-0.15, -0.1) is 0 Å². The minimum absolute atomic E-state index is 0.0260. The van der Waals surface area contributed by atoms with Crippen molar-refractivity contribution in [2.45, 2.75) is 13.8 Å². The number of nitrogens with zero attached hydrogens (tertiary/aromatic N) is 2. The molecule has 7 heteroatoms. The number of pyridine rings is 1.